The molecule has 4 rings (SSSR count). The molecule has 5 atom stereocenters. The number of amides is 3. The van der Waals surface area contributed by atoms with E-state index in [9.17, 15) is 19.2 Å². The van der Waals surface area contributed by atoms with Gasteiger partial charge in [0.2, 0.25) is 17.7 Å². The number of para-hydroxylation sites is 1. The van der Waals surface area contributed by atoms with Crippen LogP contribution in [-0.2, 0) is 30.3 Å². The number of aromatic nitrogens is 1. The van der Waals surface area contributed by atoms with Gasteiger partial charge in [0.1, 0.15) is 17.8 Å². The van der Waals surface area contributed by atoms with E-state index in [0.29, 0.717) is 28.8 Å². The van der Waals surface area contributed by atoms with Crippen LogP contribution in [0.4, 0.5) is 0 Å². The lowest BCUT2D eigenvalue weighted by Gasteiger charge is -2.31. The van der Waals surface area contributed by atoms with Crippen molar-refractivity contribution in [3.8, 4) is 5.75 Å². The predicted octanol–water partition coefficient (Wildman–Crippen LogP) is 5.76. The summed E-state index contributed by atoms with van der Waals surface area (Å²) < 4.78 is 11.8. The van der Waals surface area contributed by atoms with Crippen LogP contribution in [0.2, 0.25) is 0 Å². The molecule has 11 heteroatoms. The lowest BCUT2D eigenvalue weighted by molar-refractivity contribution is -0.149. The Morgan fingerprint density at radius 2 is 1.68 bits per heavy atom. The fraction of sp³-hybridized carbons (Fsp3) is 0.444. The number of likely N-dealkylation sites (N-methyl/N-ethyl adjacent to an activating group) is 1. The number of esters is 1. The zero-order chi connectivity index (χ0) is 34.2. The topological polar surface area (TPSA) is 130 Å². The van der Waals surface area contributed by atoms with Gasteiger partial charge in [0, 0.05) is 30.8 Å². The molecule has 0 saturated heterocycles. The molecule has 0 unspecified atom stereocenters. The molecule has 0 bridgehead atoms. The van der Waals surface area contributed by atoms with Gasteiger partial charge in [-0.1, -0.05) is 48.9 Å². The molecule has 0 saturated carbocycles. The first-order chi connectivity index (χ1) is 22.4. The maximum Gasteiger partial charge on any atom is 0.308 e. The number of hydrogen-bond acceptors (Lipinski definition) is 6. The number of nitrogens with one attached hydrogen (secondary N) is 3. The highest BCUT2D eigenvalue weighted by Gasteiger charge is 2.34. The number of aromatic amines is 1. The summed E-state index contributed by atoms with van der Waals surface area (Å²) in [5.74, 6) is -0.827. The second kappa shape index (κ2) is 16.1. The van der Waals surface area contributed by atoms with Crippen molar-refractivity contribution in [3.05, 3.63) is 75.9 Å². The monoisotopic (exact) mass is 708 g/mol. The minimum atomic E-state index is -0.985. The van der Waals surface area contributed by atoms with Gasteiger partial charge in [-0.05, 0) is 84.8 Å². The van der Waals surface area contributed by atoms with Crippen LogP contribution in [0.1, 0.15) is 70.5 Å². The van der Waals surface area contributed by atoms with Crippen molar-refractivity contribution < 1.29 is 28.7 Å². The van der Waals surface area contributed by atoms with Gasteiger partial charge in [0.05, 0.1) is 30.3 Å². The molecule has 0 radical (unpaired) electrons. The van der Waals surface area contributed by atoms with Crippen LogP contribution in [0.3, 0.4) is 0 Å². The maximum atomic E-state index is 14.3. The van der Waals surface area contributed by atoms with E-state index in [4.69, 9.17) is 9.47 Å². The summed E-state index contributed by atoms with van der Waals surface area (Å²) in [6.45, 7) is 7.48. The van der Waals surface area contributed by atoms with E-state index in [1.165, 1.54) is 4.90 Å². The lowest BCUT2D eigenvalue weighted by Crippen LogP contribution is -2.54. The average Bonchev–Trinajstić information content (AvgIpc) is 3.35. The van der Waals surface area contributed by atoms with E-state index in [1.807, 2.05) is 45.0 Å². The summed E-state index contributed by atoms with van der Waals surface area (Å²) in [5.41, 5.74) is 3.43. The Labute approximate surface area is 284 Å². The number of ether oxygens (including phenoxy) is 2. The molecule has 252 valence electrons. The maximum absolute atomic E-state index is 14.3. The predicted molar refractivity (Wildman–Crippen MR) is 185 cm³/mol. The first-order valence-electron chi connectivity index (χ1n) is 16.0. The summed E-state index contributed by atoms with van der Waals surface area (Å²) in [6, 6.07) is 12.2. The smallest absolute Gasteiger partial charge is 0.308 e. The second-order valence-electron chi connectivity index (χ2n) is 12.5. The van der Waals surface area contributed by atoms with Crippen molar-refractivity contribution in [3.63, 3.8) is 0 Å². The second-order valence-corrected chi connectivity index (χ2v) is 13.3. The quantitative estimate of drug-likeness (QED) is 0.234. The number of nitrogens with zero attached hydrogens (tertiary/aromatic N) is 1. The van der Waals surface area contributed by atoms with E-state index in [0.717, 1.165) is 22.0 Å². The highest BCUT2D eigenvalue weighted by atomic mass is 79.9. The molecule has 1 aliphatic rings. The van der Waals surface area contributed by atoms with Crippen molar-refractivity contribution >= 4 is 50.5 Å². The van der Waals surface area contributed by atoms with Gasteiger partial charge >= 0.3 is 5.97 Å². The molecule has 47 heavy (non-hydrogen) atoms. The van der Waals surface area contributed by atoms with Gasteiger partial charge < -0.3 is 30.0 Å². The number of rotatable bonds is 4. The fourth-order valence-electron chi connectivity index (χ4n) is 6.12. The first kappa shape index (κ1) is 35.7. The normalized spacial score (nSPS) is 25.5. The molecule has 0 spiro atoms. The number of hydrogen-bond donors (Lipinski definition) is 3. The van der Waals surface area contributed by atoms with Crippen LogP contribution in [-0.4, -0.2) is 65.9 Å². The van der Waals surface area contributed by atoms with E-state index in [-0.39, 0.29) is 37.2 Å². The molecular weight excluding hydrogens is 664 g/mol. The molecule has 0 aliphatic carbocycles. The molecule has 3 amide bonds. The minimum Gasteiger partial charge on any atom is -0.497 e. The third-order valence-electron chi connectivity index (χ3n) is 8.58. The van der Waals surface area contributed by atoms with Gasteiger partial charge in [0.25, 0.3) is 0 Å². The summed E-state index contributed by atoms with van der Waals surface area (Å²) >= 11 is 3.61. The third-order valence-corrected chi connectivity index (χ3v) is 9.26. The van der Waals surface area contributed by atoms with Crippen LogP contribution in [0.5, 0.6) is 5.75 Å². The van der Waals surface area contributed by atoms with Crippen molar-refractivity contribution in [1.29, 1.82) is 0 Å². The molecule has 2 aromatic carbocycles. The molecule has 2 heterocycles. The molecule has 0 fully saturated rings. The van der Waals surface area contributed by atoms with Crippen molar-refractivity contribution in [2.24, 2.45) is 5.92 Å². The molecule has 3 N–H and O–H groups in total. The SMILES string of the molecule is COc1ccc([C@H]2CC(=O)O[C@@H](C)C[C@@H](C)/C=C(\C)CCC(=O)N[C@@H](C)C(=O)N(C)[C@H](Cc3c(Br)[nH]c4ccccc34)C(=O)N2)cc1. The van der Waals surface area contributed by atoms with E-state index < -0.39 is 35.9 Å². The summed E-state index contributed by atoms with van der Waals surface area (Å²) in [4.78, 5) is 59.0. The van der Waals surface area contributed by atoms with E-state index in [1.54, 1.807) is 45.3 Å². The number of allylic oxidation sites excluding steroid dienone is 2. The summed E-state index contributed by atoms with van der Waals surface area (Å²) in [7, 11) is 3.13. The number of carbonyl (C=O) groups is 4. The zero-order valence-corrected chi connectivity index (χ0v) is 29.5. The number of cyclic esters (lactones) is 1. The van der Waals surface area contributed by atoms with Gasteiger partial charge in [-0.15, -0.1) is 0 Å². The Hall–Kier alpha value is -4.12. The number of methoxy groups -OCH3 is 1. The fourth-order valence-corrected chi connectivity index (χ4v) is 6.70. The highest BCUT2D eigenvalue weighted by molar-refractivity contribution is 9.10. The van der Waals surface area contributed by atoms with E-state index in [2.05, 4.69) is 37.6 Å². The summed E-state index contributed by atoms with van der Waals surface area (Å²) in [6.07, 6.45) is 3.13. The number of halogens is 1. The Morgan fingerprint density at radius 1 is 0.979 bits per heavy atom. The number of benzene rings is 2. The molecule has 3 aromatic rings. The minimum absolute atomic E-state index is 0.110. The molecule has 1 aromatic heterocycles. The molecule has 10 nitrogen and oxygen atoms in total. The zero-order valence-electron chi connectivity index (χ0n) is 27.9. The lowest BCUT2D eigenvalue weighted by atomic mass is 9.99. The van der Waals surface area contributed by atoms with Crippen LogP contribution in [0.15, 0.2) is 64.8 Å². The Kier molecular flexibility index (Phi) is 12.3. The van der Waals surface area contributed by atoms with Crippen molar-refractivity contribution in [1.82, 2.24) is 20.5 Å². The standard InChI is InChI=1S/C36H45BrN4O6/c1-21-11-16-32(42)38-24(4)36(45)41(5)31(19-28-27-9-7-8-10-29(27)39-34(28)37)35(44)40-30(25-12-14-26(46-6)15-13-25)20-33(43)47-23(3)18-22(2)17-21/h7-10,12-15,17,22-24,30-31,39H,11,16,18-20H2,1-6H3,(H,38,42)(H,40,44)/b21-17+/t22-,23-,24-,30+,31+/m0/s1. The van der Waals surface area contributed by atoms with Gasteiger partial charge in [-0.3, -0.25) is 19.2 Å². The number of fused-ring (bicyclic) bond motifs is 1. The molecule has 1 aliphatic heterocycles. The van der Waals surface area contributed by atoms with Crippen molar-refractivity contribution in [2.75, 3.05) is 14.2 Å². The van der Waals surface area contributed by atoms with Crippen molar-refractivity contribution in [2.45, 2.75) is 84.0 Å². The largest absolute Gasteiger partial charge is 0.497 e. The van der Waals surface area contributed by atoms with Crippen LogP contribution in [0.25, 0.3) is 10.9 Å². The van der Waals surface area contributed by atoms with Gasteiger partial charge in [0.15, 0.2) is 0 Å². The number of H-pyrrole nitrogens is 1. The van der Waals surface area contributed by atoms with Crippen LogP contribution in [0, 0.1) is 5.92 Å². The number of carbonyl (C=O) groups excluding carboxylic acids is 4. The Morgan fingerprint density at radius 3 is 2.38 bits per heavy atom. The summed E-state index contributed by atoms with van der Waals surface area (Å²) in [5, 5.41) is 6.78. The highest BCUT2D eigenvalue weighted by Crippen LogP contribution is 2.29. The van der Waals surface area contributed by atoms with E-state index >= 15 is 0 Å². The third kappa shape index (κ3) is 9.47. The Balaban J connectivity index is 1.73. The first-order valence-corrected chi connectivity index (χ1v) is 16.8. The van der Waals surface area contributed by atoms with Crippen LogP contribution >= 0.6 is 15.9 Å². The Bertz CT molecular complexity index is 1620. The van der Waals surface area contributed by atoms with Gasteiger partial charge in [-0.2, -0.15) is 0 Å². The van der Waals surface area contributed by atoms with Crippen LogP contribution < -0.4 is 15.4 Å². The van der Waals surface area contributed by atoms with Gasteiger partial charge in [-0.25, -0.2) is 0 Å². The molecular formula is C36H45BrN4O6. The average molecular weight is 710 g/mol.